The van der Waals surface area contributed by atoms with Gasteiger partial charge in [0, 0.05) is 13.1 Å². The van der Waals surface area contributed by atoms with Crippen LogP contribution in [0.1, 0.15) is 25.3 Å². The second kappa shape index (κ2) is 8.95. The average Bonchev–Trinajstić information content (AvgIpc) is 2.38. The van der Waals surface area contributed by atoms with Crippen LogP contribution in [-0.4, -0.2) is 42.9 Å². The van der Waals surface area contributed by atoms with Crippen molar-refractivity contribution in [3.05, 3.63) is 29.8 Å². The van der Waals surface area contributed by atoms with Crippen molar-refractivity contribution >= 4 is 0 Å². The van der Waals surface area contributed by atoms with Gasteiger partial charge < -0.3 is 9.84 Å². The Morgan fingerprint density at radius 2 is 1.83 bits per heavy atom. The summed E-state index contributed by atoms with van der Waals surface area (Å²) in [4.78, 5) is 2.25. The molecule has 0 heterocycles. The molecule has 1 aromatic carbocycles. The molecule has 0 aliphatic carbocycles. The molecule has 0 spiro atoms. The summed E-state index contributed by atoms with van der Waals surface area (Å²) in [7, 11) is 0. The van der Waals surface area contributed by atoms with Crippen LogP contribution in [0.3, 0.4) is 0 Å². The molecule has 1 N–H and O–H groups in total. The van der Waals surface area contributed by atoms with Gasteiger partial charge in [-0.3, -0.25) is 4.90 Å². The summed E-state index contributed by atoms with van der Waals surface area (Å²) in [6.45, 7) is 7.78. The zero-order chi connectivity index (χ0) is 13.2. The topological polar surface area (TPSA) is 32.7 Å². The van der Waals surface area contributed by atoms with Crippen LogP contribution in [0, 0.1) is 6.92 Å². The third-order valence-electron chi connectivity index (χ3n) is 2.94. The fourth-order valence-corrected chi connectivity index (χ4v) is 1.79. The minimum atomic E-state index is 0.217. The van der Waals surface area contributed by atoms with Gasteiger partial charge in [0.25, 0.3) is 0 Å². The number of hydrogen-bond acceptors (Lipinski definition) is 3. The third-order valence-corrected chi connectivity index (χ3v) is 2.94. The third kappa shape index (κ3) is 6.03. The maximum absolute atomic E-state index is 9.00. The molecule has 0 amide bonds. The lowest BCUT2D eigenvalue weighted by Crippen LogP contribution is -2.32. The summed E-state index contributed by atoms with van der Waals surface area (Å²) < 4.78 is 5.69. The standard InChI is InChI=1S/C15H25NO2/c1-3-4-9-16(10-12-17)11-13-18-15-7-5-14(2)6-8-15/h5-8,17H,3-4,9-13H2,1-2H3. The van der Waals surface area contributed by atoms with Gasteiger partial charge in [0.15, 0.2) is 0 Å². The molecule has 102 valence electrons. The number of nitrogens with zero attached hydrogens (tertiary/aromatic N) is 1. The molecule has 0 saturated heterocycles. The molecule has 3 heteroatoms. The van der Waals surface area contributed by atoms with E-state index >= 15 is 0 Å². The van der Waals surface area contributed by atoms with Gasteiger partial charge in [0.1, 0.15) is 12.4 Å². The van der Waals surface area contributed by atoms with Gasteiger partial charge in [-0.2, -0.15) is 0 Å². The number of unbranched alkanes of at least 4 members (excludes halogenated alkanes) is 1. The second-order valence-corrected chi connectivity index (χ2v) is 4.58. The molecule has 0 aliphatic rings. The average molecular weight is 251 g/mol. The Balaban J connectivity index is 2.26. The Morgan fingerprint density at radius 3 is 2.44 bits per heavy atom. The van der Waals surface area contributed by atoms with Crippen LogP contribution in [0.25, 0.3) is 0 Å². The minimum Gasteiger partial charge on any atom is -0.492 e. The summed E-state index contributed by atoms with van der Waals surface area (Å²) in [5.41, 5.74) is 1.24. The van der Waals surface area contributed by atoms with E-state index in [4.69, 9.17) is 9.84 Å². The first kappa shape index (κ1) is 15.0. The highest BCUT2D eigenvalue weighted by molar-refractivity contribution is 5.26. The molecule has 0 aromatic heterocycles. The van der Waals surface area contributed by atoms with E-state index in [9.17, 15) is 0 Å². The fourth-order valence-electron chi connectivity index (χ4n) is 1.79. The molecule has 18 heavy (non-hydrogen) atoms. The highest BCUT2D eigenvalue weighted by atomic mass is 16.5. The summed E-state index contributed by atoms with van der Waals surface area (Å²) in [5.74, 6) is 0.917. The highest BCUT2D eigenvalue weighted by Gasteiger charge is 2.03. The first-order valence-electron chi connectivity index (χ1n) is 6.79. The number of rotatable bonds is 9. The molecule has 0 aliphatic heterocycles. The summed E-state index contributed by atoms with van der Waals surface area (Å²) >= 11 is 0. The summed E-state index contributed by atoms with van der Waals surface area (Å²) in [6.07, 6.45) is 2.35. The molecular weight excluding hydrogens is 226 g/mol. The van der Waals surface area contributed by atoms with Crippen LogP contribution in [0.2, 0.25) is 0 Å². The van der Waals surface area contributed by atoms with Gasteiger partial charge in [-0.25, -0.2) is 0 Å². The van der Waals surface area contributed by atoms with Gasteiger partial charge in [0.2, 0.25) is 0 Å². The van der Waals surface area contributed by atoms with E-state index < -0.39 is 0 Å². The monoisotopic (exact) mass is 251 g/mol. The second-order valence-electron chi connectivity index (χ2n) is 4.58. The van der Waals surface area contributed by atoms with Gasteiger partial charge in [-0.05, 0) is 32.0 Å². The predicted octanol–water partition coefficient (Wildman–Crippen LogP) is 2.47. The number of aliphatic hydroxyl groups is 1. The van der Waals surface area contributed by atoms with Gasteiger partial charge >= 0.3 is 0 Å². The highest BCUT2D eigenvalue weighted by Crippen LogP contribution is 2.11. The van der Waals surface area contributed by atoms with Crippen LogP contribution in [0.15, 0.2) is 24.3 Å². The molecule has 0 radical (unpaired) electrons. The van der Waals surface area contributed by atoms with Crippen molar-refractivity contribution in [3.63, 3.8) is 0 Å². The van der Waals surface area contributed by atoms with E-state index in [2.05, 4.69) is 30.9 Å². The molecule has 0 fully saturated rings. The van der Waals surface area contributed by atoms with E-state index in [1.54, 1.807) is 0 Å². The Kier molecular flexibility index (Phi) is 7.46. The van der Waals surface area contributed by atoms with Crippen molar-refractivity contribution in [1.82, 2.24) is 4.90 Å². The molecule has 0 atom stereocenters. The zero-order valence-electron chi connectivity index (χ0n) is 11.6. The zero-order valence-corrected chi connectivity index (χ0v) is 11.6. The number of hydrogen-bond donors (Lipinski definition) is 1. The molecule has 1 aromatic rings. The van der Waals surface area contributed by atoms with Crippen LogP contribution < -0.4 is 4.74 Å². The largest absolute Gasteiger partial charge is 0.492 e. The number of aliphatic hydroxyl groups excluding tert-OH is 1. The minimum absolute atomic E-state index is 0.217. The van der Waals surface area contributed by atoms with Crippen LogP contribution in [-0.2, 0) is 0 Å². The summed E-state index contributed by atoms with van der Waals surface area (Å²) in [5, 5.41) is 9.00. The Labute approximate surface area is 110 Å². The van der Waals surface area contributed by atoms with Crippen molar-refractivity contribution in [2.75, 3.05) is 32.8 Å². The quantitative estimate of drug-likeness (QED) is 0.732. The van der Waals surface area contributed by atoms with E-state index in [0.717, 1.165) is 25.4 Å². The van der Waals surface area contributed by atoms with Crippen LogP contribution in [0.5, 0.6) is 5.75 Å². The van der Waals surface area contributed by atoms with Gasteiger partial charge in [-0.15, -0.1) is 0 Å². The SMILES string of the molecule is CCCCN(CCO)CCOc1ccc(C)cc1. The number of benzene rings is 1. The van der Waals surface area contributed by atoms with Crippen molar-refractivity contribution < 1.29 is 9.84 Å². The number of ether oxygens (including phenoxy) is 1. The maximum Gasteiger partial charge on any atom is 0.119 e. The summed E-state index contributed by atoms with van der Waals surface area (Å²) in [6, 6.07) is 8.10. The molecule has 0 unspecified atom stereocenters. The molecule has 0 saturated carbocycles. The predicted molar refractivity (Wildman–Crippen MR) is 75.1 cm³/mol. The Bertz CT molecular complexity index is 311. The van der Waals surface area contributed by atoms with Crippen molar-refractivity contribution in [1.29, 1.82) is 0 Å². The van der Waals surface area contributed by atoms with E-state index in [0.29, 0.717) is 6.61 Å². The van der Waals surface area contributed by atoms with Crippen LogP contribution >= 0.6 is 0 Å². The van der Waals surface area contributed by atoms with Gasteiger partial charge in [-0.1, -0.05) is 31.0 Å². The first-order valence-corrected chi connectivity index (χ1v) is 6.79. The fraction of sp³-hybridized carbons (Fsp3) is 0.600. The molecule has 0 bridgehead atoms. The molecule has 1 rings (SSSR count). The van der Waals surface area contributed by atoms with Crippen molar-refractivity contribution in [2.45, 2.75) is 26.7 Å². The maximum atomic E-state index is 9.00. The lowest BCUT2D eigenvalue weighted by Gasteiger charge is -2.21. The normalized spacial score (nSPS) is 10.9. The Hall–Kier alpha value is -1.06. The smallest absolute Gasteiger partial charge is 0.119 e. The molecular formula is C15H25NO2. The van der Waals surface area contributed by atoms with Crippen LogP contribution in [0.4, 0.5) is 0 Å². The lowest BCUT2D eigenvalue weighted by atomic mass is 10.2. The van der Waals surface area contributed by atoms with E-state index in [1.807, 2.05) is 12.1 Å². The Morgan fingerprint density at radius 1 is 1.11 bits per heavy atom. The van der Waals surface area contributed by atoms with E-state index in [1.165, 1.54) is 18.4 Å². The van der Waals surface area contributed by atoms with E-state index in [-0.39, 0.29) is 6.61 Å². The lowest BCUT2D eigenvalue weighted by molar-refractivity contribution is 0.167. The van der Waals surface area contributed by atoms with Crippen molar-refractivity contribution in [3.8, 4) is 5.75 Å². The molecule has 3 nitrogen and oxygen atoms in total. The van der Waals surface area contributed by atoms with Crippen molar-refractivity contribution in [2.24, 2.45) is 0 Å². The number of aryl methyl sites for hydroxylation is 1. The first-order chi connectivity index (χ1) is 8.76. The van der Waals surface area contributed by atoms with Gasteiger partial charge in [0.05, 0.1) is 6.61 Å².